The quantitative estimate of drug-likeness (QED) is 0.812. The number of amides is 1. The van der Waals surface area contributed by atoms with Crippen molar-refractivity contribution in [2.45, 2.75) is 32.4 Å². The van der Waals surface area contributed by atoms with Crippen molar-refractivity contribution in [1.29, 1.82) is 0 Å². The predicted molar refractivity (Wildman–Crippen MR) is 82.3 cm³/mol. The van der Waals surface area contributed by atoms with Gasteiger partial charge in [-0.15, -0.1) is 0 Å². The van der Waals surface area contributed by atoms with Crippen molar-refractivity contribution in [3.63, 3.8) is 0 Å². The van der Waals surface area contributed by atoms with Crippen molar-refractivity contribution in [2.75, 3.05) is 6.54 Å². The molecule has 0 radical (unpaired) electrons. The molecule has 0 saturated heterocycles. The van der Waals surface area contributed by atoms with Gasteiger partial charge in [0.15, 0.2) is 0 Å². The molecule has 2 aromatic rings. The number of aromatic amines is 1. The van der Waals surface area contributed by atoms with Gasteiger partial charge in [-0.3, -0.25) is 0 Å². The average molecular weight is 311 g/mol. The molecular formula is C14H19ClN4O2. The molecule has 0 aliphatic rings. The molecule has 0 bridgehead atoms. The number of carbonyl (C=O) groups excluding carboxylic acids is 1. The van der Waals surface area contributed by atoms with Gasteiger partial charge in [0.2, 0.25) is 0 Å². The minimum atomic E-state index is -0.537. The normalized spacial score (nSPS) is 13.2. The molecule has 0 aliphatic heterocycles. The number of imidazole rings is 1. The van der Waals surface area contributed by atoms with Crippen LogP contribution >= 0.6 is 11.6 Å². The third kappa shape index (κ3) is 4.34. The van der Waals surface area contributed by atoms with E-state index < -0.39 is 17.7 Å². The Hall–Kier alpha value is -1.79. The van der Waals surface area contributed by atoms with Crippen LogP contribution in [0.3, 0.4) is 0 Å². The SMILES string of the molecule is CC(C)(C)OC(=O)NCC(N)c1nc2ccc(Cl)cc2[nH]1. The number of carbonyl (C=O) groups is 1. The topological polar surface area (TPSA) is 93.0 Å². The van der Waals surface area contributed by atoms with Crippen molar-refractivity contribution < 1.29 is 9.53 Å². The Morgan fingerprint density at radius 1 is 1.52 bits per heavy atom. The Bertz CT molecular complexity index is 648. The second-order valence-electron chi connectivity index (χ2n) is 5.77. The number of hydrogen-bond acceptors (Lipinski definition) is 4. The third-order valence-corrected chi connectivity index (χ3v) is 2.91. The van der Waals surface area contributed by atoms with Gasteiger partial charge < -0.3 is 20.8 Å². The van der Waals surface area contributed by atoms with Gasteiger partial charge in [-0.1, -0.05) is 11.6 Å². The van der Waals surface area contributed by atoms with Crippen LogP contribution in [-0.4, -0.2) is 28.2 Å². The van der Waals surface area contributed by atoms with E-state index in [4.69, 9.17) is 22.1 Å². The first-order chi connectivity index (χ1) is 9.74. The third-order valence-electron chi connectivity index (χ3n) is 2.68. The van der Waals surface area contributed by atoms with Crippen molar-refractivity contribution in [3.8, 4) is 0 Å². The summed E-state index contributed by atoms with van der Waals surface area (Å²) in [7, 11) is 0. The maximum absolute atomic E-state index is 11.6. The van der Waals surface area contributed by atoms with Crippen LogP contribution in [0.1, 0.15) is 32.6 Å². The van der Waals surface area contributed by atoms with E-state index in [-0.39, 0.29) is 6.54 Å². The lowest BCUT2D eigenvalue weighted by Gasteiger charge is -2.20. The maximum Gasteiger partial charge on any atom is 0.407 e. The number of alkyl carbamates (subject to hydrolysis) is 1. The van der Waals surface area contributed by atoms with Gasteiger partial charge in [0.1, 0.15) is 11.4 Å². The number of halogens is 1. The number of rotatable bonds is 3. The number of benzene rings is 1. The molecule has 7 heteroatoms. The Morgan fingerprint density at radius 3 is 2.90 bits per heavy atom. The fourth-order valence-corrected chi connectivity index (χ4v) is 1.95. The van der Waals surface area contributed by atoms with Crippen LogP contribution in [-0.2, 0) is 4.74 Å². The summed E-state index contributed by atoms with van der Waals surface area (Å²) in [5, 5.41) is 3.24. The van der Waals surface area contributed by atoms with Crippen LogP contribution < -0.4 is 11.1 Å². The Morgan fingerprint density at radius 2 is 2.24 bits per heavy atom. The van der Waals surface area contributed by atoms with Crippen molar-refractivity contribution in [1.82, 2.24) is 15.3 Å². The highest BCUT2D eigenvalue weighted by Crippen LogP contribution is 2.19. The molecule has 2 rings (SSSR count). The minimum Gasteiger partial charge on any atom is -0.444 e. The Kier molecular flexibility index (Phi) is 4.39. The highest BCUT2D eigenvalue weighted by Gasteiger charge is 2.18. The lowest BCUT2D eigenvalue weighted by molar-refractivity contribution is 0.0524. The summed E-state index contributed by atoms with van der Waals surface area (Å²) < 4.78 is 5.14. The molecule has 1 aromatic heterocycles. The highest BCUT2D eigenvalue weighted by atomic mass is 35.5. The molecule has 1 unspecified atom stereocenters. The summed E-state index contributed by atoms with van der Waals surface area (Å²) in [6.07, 6.45) is -0.503. The van der Waals surface area contributed by atoms with E-state index in [1.807, 2.05) is 6.07 Å². The Labute approximate surface area is 128 Å². The Balaban J connectivity index is 1.99. The standard InChI is InChI=1S/C14H19ClN4O2/c1-14(2,3)21-13(20)17-7-9(16)12-18-10-5-4-8(15)6-11(10)19-12/h4-6,9H,7,16H2,1-3H3,(H,17,20)(H,18,19). The minimum absolute atomic E-state index is 0.225. The van der Waals surface area contributed by atoms with Gasteiger partial charge in [0.25, 0.3) is 0 Å². The summed E-state index contributed by atoms with van der Waals surface area (Å²) in [6, 6.07) is 4.90. The lowest BCUT2D eigenvalue weighted by Crippen LogP contribution is -2.36. The van der Waals surface area contributed by atoms with E-state index in [0.717, 1.165) is 11.0 Å². The van der Waals surface area contributed by atoms with Crippen molar-refractivity contribution >= 4 is 28.7 Å². The van der Waals surface area contributed by atoms with Gasteiger partial charge in [0.05, 0.1) is 17.1 Å². The molecule has 0 aliphatic carbocycles. The summed E-state index contributed by atoms with van der Waals surface area (Å²) in [6.45, 7) is 5.63. The molecule has 0 fully saturated rings. The first kappa shape index (κ1) is 15.6. The molecule has 6 nitrogen and oxygen atoms in total. The largest absolute Gasteiger partial charge is 0.444 e. The number of aromatic nitrogens is 2. The van der Waals surface area contributed by atoms with Crippen LogP contribution in [0.5, 0.6) is 0 Å². The van der Waals surface area contributed by atoms with Gasteiger partial charge in [-0.25, -0.2) is 9.78 Å². The van der Waals surface area contributed by atoms with E-state index in [2.05, 4.69) is 15.3 Å². The van der Waals surface area contributed by atoms with Crippen LogP contribution in [0.15, 0.2) is 18.2 Å². The number of nitrogens with zero attached hydrogens (tertiary/aromatic N) is 1. The van der Waals surface area contributed by atoms with Crippen LogP contribution in [0, 0.1) is 0 Å². The molecule has 4 N–H and O–H groups in total. The first-order valence-electron chi connectivity index (χ1n) is 6.62. The number of nitrogens with two attached hydrogens (primary N) is 1. The molecule has 0 spiro atoms. The fourth-order valence-electron chi connectivity index (χ4n) is 1.78. The smallest absolute Gasteiger partial charge is 0.407 e. The zero-order valence-corrected chi connectivity index (χ0v) is 13.0. The zero-order chi connectivity index (χ0) is 15.6. The second-order valence-corrected chi connectivity index (χ2v) is 6.21. The van der Waals surface area contributed by atoms with Crippen LogP contribution in [0.4, 0.5) is 4.79 Å². The van der Waals surface area contributed by atoms with E-state index in [1.54, 1.807) is 32.9 Å². The van der Waals surface area contributed by atoms with Gasteiger partial charge in [0, 0.05) is 11.6 Å². The molecule has 1 amide bonds. The average Bonchev–Trinajstić information content (AvgIpc) is 2.76. The molecule has 1 heterocycles. The highest BCUT2D eigenvalue weighted by molar-refractivity contribution is 6.31. The number of ether oxygens (including phenoxy) is 1. The predicted octanol–water partition coefficient (Wildman–Crippen LogP) is 2.74. The number of hydrogen-bond donors (Lipinski definition) is 3. The molecule has 1 aromatic carbocycles. The van der Waals surface area contributed by atoms with Crippen LogP contribution in [0.2, 0.25) is 5.02 Å². The van der Waals surface area contributed by atoms with E-state index >= 15 is 0 Å². The van der Waals surface area contributed by atoms with Gasteiger partial charge >= 0.3 is 6.09 Å². The number of H-pyrrole nitrogens is 1. The zero-order valence-electron chi connectivity index (χ0n) is 12.2. The lowest BCUT2D eigenvalue weighted by atomic mass is 10.2. The molecular weight excluding hydrogens is 292 g/mol. The summed E-state index contributed by atoms with van der Waals surface area (Å²) in [4.78, 5) is 19.0. The van der Waals surface area contributed by atoms with Gasteiger partial charge in [-0.05, 0) is 39.0 Å². The fraction of sp³-hybridized carbons (Fsp3) is 0.429. The van der Waals surface area contributed by atoms with E-state index in [0.29, 0.717) is 10.8 Å². The molecule has 1 atom stereocenters. The summed E-state index contributed by atoms with van der Waals surface area (Å²) in [5.74, 6) is 0.586. The van der Waals surface area contributed by atoms with Gasteiger partial charge in [-0.2, -0.15) is 0 Å². The number of nitrogens with one attached hydrogen (secondary N) is 2. The second kappa shape index (κ2) is 5.91. The van der Waals surface area contributed by atoms with E-state index in [9.17, 15) is 4.79 Å². The molecule has 0 saturated carbocycles. The first-order valence-corrected chi connectivity index (χ1v) is 7.00. The summed E-state index contributed by atoms with van der Waals surface area (Å²) in [5.41, 5.74) is 7.06. The summed E-state index contributed by atoms with van der Waals surface area (Å²) >= 11 is 5.92. The maximum atomic E-state index is 11.6. The van der Waals surface area contributed by atoms with E-state index in [1.165, 1.54) is 0 Å². The van der Waals surface area contributed by atoms with Crippen molar-refractivity contribution in [3.05, 3.63) is 29.0 Å². The molecule has 114 valence electrons. The molecule has 21 heavy (non-hydrogen) atoms. The van der Waals surface area contributed by atoms with Crippen molar-refractivity contribution in [2.24, 2.45) is 5.73 Å². The monoisotopic (exact) mass is 310 g/mol. The number of fused-ring (bicyclic) bond motifs is 1. The van der Waals surface area contributed by atoms with Crippen LogP contribution in [0.25, 0.3) is 11.0 Å².